The molecule has 0 aromatic heterocycles. The zero-order chi connectivity index (χ0) is 20.1. The van der Waals surface area contributed by atoms with Crippen LogP contribution in [0, 0.1) is 17.7 Å². The number of hydrazine groups is 1. The number of nitrogens with zero attached hydrogens (tertiary/aromatic N) is 1. The largest absolute Gasteiger partial charge is 0.357 e. The van der Waals surface area contributed by atoms with Crippen molar-refractivity contribution in [1.82, 2.24) is 21.1 Å². The lowest BCUT2D eigenvalue weighted by Gasteiger charge is -2.19. The number of carbonyl (C=O) groups is 3. The molecule has 1 aliphatic carbocycles. The predicted molar refractivity (Wildman–Crippen MR) is 104 cm³/mol. The number of benzene rings is 1. The lowest BCUT2D eigenvalue weighted by molar-refractivity contribution is -0.140. The fraction of sp³-hybridized carbons (Fsp3) is 0.474. The zero-order valence-corrected chi connectivity index (χ0v) is 16.2. The summed E-state index contributed by atoms with van der Waals surface area (Å²) < 4.78 is 12.9. The lowest BCUT2D eigenvalue weighted by Crippen LogP contribution is -2.47. The Morgan fingerprint density at radius 2 is 1.68 bits per heavy atom. The molecule has 0 radical (unpaired) electrons. The molecule has 1 saturated carbocycles. The Kier molecular flexibility index (Phi) is 6.56. The third-order valence-electron chi connectivity index (χ3n) is 5.18. The maximum absolute atomic E-state index is 12.9. The molecule has 28 heavy (non-hydrogen) atoms. The average Bonchev–Trinajstić information content (AvgIpc) is 2.95. The van der Waals surface area contributed by atoms with Crippen molar-refractivity contribution in [1.29, 1.82) is 0 Å². The Labute approximate surface area is 168 Å². The molecule has 3 rings (SSSR count). The second kappa shape index (κ2) is 9.09. The Balaban J connectivity index is 1.37. The van der Waals surface area contributed by atoms with Gasteiger partial charge in [0.1, 0.15) is 5.82 Å². The van der Waals surface area contributed by atoms with Crippen molar-refractivity contribution in [3.05, 3.63) is 35.6 Å². The number of amides is 3. The normalized spacial score (nSPS) is 21.2. The minimum absolute atomic E-state index is 0.00446. The number of rotatable bonds is 5. The van der Waals surface area contributed by atoms with Gasteiger partial charge in [-0.15, -0.1) is 0 Å². The van der Waals surface area contributed by atoms with E-state index in [0.29, 0.717) is 6.54 Å². The van der Waals surface area contributed by atoms with Crippen LogP contribution in [0.5, 0.6) is 0 Å². The first kappa shape index (κ1) is 20.2. The molecule has 7 nitrogen and oxygen atoms in total. The molecule has 1 heterocycles. The molecule has 2 fully saturated rings. The van der Waals surface area contributed by atoms with Gasteiger partial charge >= 0.3 is 0 Å². The third-order valence-corrected chi connectivity index (χ3v) is 5.42. The summed E-state index contributed by atoms with van der Waals surface area (Å²) >= 11 is 5.07. The van der Waals surface area contributed by atoms with Crippen LogP contribution < -0.4 is 16.2 Å². The van der Waals surface area contributed by atoms with E-state index in [1.165, 1.54) is 17.0 Å². The first-order valence-corrected chi connectivity index (χ1v) is 9.79. The highest BCUT2D eigenvalue weighted by Gasteiger charge is 2.47. The molecular formula is C19H23FN4O3S. The smallest absolute Gasteiger partial charge is 0.240 e. The van der Waals surface area contributed by atoms with E-state index in [-0.39, 0.29) is 53.5 Å². The topological polar surface area (TPSA) is 90.5 Å². The van der Waals surface area contributed by atoms with Crippen LogP contribution in [0.2, 0.25) is 0 Å². The first-order chi connectivity index (χ1) is 13.5. The van der Waals surface area contributed by atoms with Gasteiger partial charge < -0.3 is 5.32 Å². The molecule has 9 heteroatoms. The number of likely N-dealkylation sites (tertiary alicyclic amines) is 1. The van der Waals surface area contributed by atoms with Crippen molar-refractivity contribution >= 4 is 35.1 Å². The minimum atomic E-state index is -0.374. The second-order valence-corrected chi connectivity index (χ2v) is 7.47. The molecule has 1 aromatic rings. The molecular weight excluding hydrogens is 383 g/mol. The number of fused-ring (bicyclic) bond motifs is 1. The van der Waals surface area contributed by atoms with Crippen LogP contribution in [0.15, 0.2) is 24.3 Å². The SMILES string of the molecule is O=C(CCN1C(=O)[C@@H]2CCCC[C@H]2C1=O)NNC(=S)NCc1ccc(F)cc1. The zero-order valence-electron chi connectivity index (χ0n) is 15.4. The van der Waals surface area contributed by atoms with Gasteiger partial charge in [-0.3, -0.25) is 30.1 Å². The Bertz CT molecular complexity index is 747. The van der Waals surface area contributed by atoms with Crippen molar-refractivity contribution in [2.45, 2.75) is 38.6 Å². The van der Waals surface area contributed by atoms with Crippen molar-refractivity contribution in [3.8, 4) is 0 Å². The molecule has 150 valence electrons. The fourth-order valence-electron chi connectivity index (χ4n) is 3.68. The quantitative estimate of drug-likeness (QED) is 0.389. The van der Waals surface area contributed by atoms with Crippen molar-refractivity contribution < 1.29 is 18.8 Å². The van der Waals surface area contributed by atoms with Gasteiger partial charge in [-0.25, -0.2) is 4.39 Å². The Morgan fingerprint density at radius 3 is 2.29 bits per heavy atom. The van der Waals surface area contributed by atoms with Crippen molar-refractivity contribution in [2.24, 2.45) is 11.8 Å². The number of carbonyl (C=O) groups excluding carboxylic acids is 3. The maximum atomic E-state index is 12.9. The summed E-state index contributed by atoms with van der Waals surface area (Å²) in [6, 6.07) is 5.97. The standard InChI is InChI=1S/C19H23FN4O3S/c20-13-7-5-12(6-8-13)11-21-19(28)23-22-16(25)9-10-24-17(26)14-3-1-2-4-15(14)18(24)27/h5-8,14-15H,1-4,9-11H2,(H,22,25)(H2,21,23,28)/t14-,15-/m1/s1. The van der Waals surface area contributed by atoms with Gasteiger partial charge in [-0.2, -0.15) is 0 Å². The van der Waals surface area contributed by atoms with E-state index in [1.807, 2.05) is 0 Å². The van der Waals surface area contributed by atoms with Gasteiger partial charge in [0.25, 0.3) is 0 Å². The van der Waals surface area contributed by atoms with Gasteiger partial charge in [0.15, 0.2) is 5.11 Å². The number of thiocarbonyl (C=S) groups is 1. The molecule has 1 aromatic carbocycles. The van der Waals surface area contributed by atoms with Gasteiger partial charge in [0.2, 0.25) is 17.7 Å². The number of nitrogens with one attached hydrogen (secondary N) is 3. The van der Waals surface area contributed by atoms with E-state index in [2.05, 4.69) is 16.2 Å². The van der Waals surface area contributed by atoms with Crippen LogP contribution in [-0.2, 0) is 20.9 Å². The molecule has 0 spiro atoms. The summed E-state index contributed by atoms with van der Waals surface area (Å²) in [6.45, 7) is 0.454. The summed E-state index contributed by atoms with van der Waals surface area (Å²) in [5.41, 5.74) is 5.85. The average molecular weight is 406 g/mol. The number of halogens is 1. The van der Waals surface area contributed by atoms with Gasteiger partial charge in [-0.05, 0) is 42.8 Å². The van der Waals surface area contributed by atoms with E-state index >= 15 is 0 Å². The predicted octanol–water partition coefficient (Wildman–Crippen LogP) is 1.39. The fourth-order valence-corrected chi connectivity index (χ4v) is 3.81. The summed E-state index contributed by atoms with van der Waals surface area (Å²) in [4.78, 5) is 38.0. The van der Waals surface area contributed by atoms with E-state index in [1.54, 1.807) is 12.1 Å². The second-order valence-electron chi connectivity index (χ2n) is 7.06. The minimum Gasteiger partial charge on any atom is -0.357 e. The number of imide groups is 1. The lowest BCUT2D eigenvalue weighted by atomic mass is 9.81. The van der Waals surface area contributed by atoms with E-state index in [9.17, 15) is 18.8 Å². The maximum Gasteiger partial charge on any atom is 0.240 e. The van der Waals surface area contributed by atoms with Crippen LogP contribution in [0.1, 0.15) is 37.7 Å². The first-order valence-electron chi connectivity index (χ1n) is 9.38. The highest BCUT2D eigenvalue weighted by atomic mass is 32.1. The van der Waals surface area contributed by atoms with Crippen molar-refractivity contribution in [2.75, 3.05) is 6.54 Å². The molecule has 2 aliphatic rings. The van der Waals surface area contributed by atoms with Gasteiger partial charge in [0.05, 0.1) is 11.8 Å². The summed E-state index contributed by atoms with van der Waals surface area (Å²) in [5.74, 6) is -1.39. The van der Waals surface area contributed by atoms with Crippen LogP contribution in [0.25, 0.3) is 0 Å². The highest BCUT2D eigenvalue weighted by Crippen LogP contribution is 2.37. The summed E-state index contributed by atoms with van der Waals surface area (Å²) in [6.07, 6.45) is 3.47. The Morgan fingerprint density at radius 1 is 1.07 bits per heavy atom. The summed E-state index contributed by atoms with van der Waals surface area (Å²) in [7, 11) is 0. The Hall–Kier alpha value is -2.55. The molecule has 0 unspecified atom stereocenters. The molecule has 0 bridgehead atoms. The summed E-state index contributed by atoms with van der Waals surface area (Å²) in [5, 5.41) is 3.09. The van der Waals surface area contributed by atoms with Crippen molar-refractivity contribution in [3.63, 3.8) is 0 Å². The van der Waals surface area contributed by atoms with Crippen LogP contribution in [-0.4, -0.2) is 34.3 Å². The number of hydrogen-bond acceptors (Lipinski definition) is 4. The molecule has 2 atom stereocenters. The number of hydrogen-bond donors (Lipinski definition) is 3. The third kappa shape index (κ3) is 4.83. The van der Waals surface area contributed by atoms with Crippen LogP contribution in [0.4, 0.5) is 4.39 Å². The van der Waals surface area contributed by atoms with Crippen LogP contribution >= 0.6 is 12.2 Å². The van der Waals surface area contributed by atoms with E-state index in [4.69, 9.17) is 12.2 Å². The highest BCUT2D eigenvalue weighted by molar-refractivity contribution is 7.80. The molecule has 3 N–H and O–H groups in total. The molecule has 3 amide bonds. The van der Waals surface area contributed by atoms with Crippen LogP contribution in [0.3, 0.4) is 0 Å². The molecule has 1 saturated heterocycles. The van der Waals surface area contributed by atoms with Gasteiger partial charge in [-0.1, -0.05) is 25.0 Å². The van der Waals surface area contributed by atoms with E-state index < -0.39 is 0 Å². The van der Waals surface area contributed by atoms with E-state index in [0.717, 1.165) is 31.2 Å². The molecule has 1 aliphatic heterocycles. The van der Waals surface area contributed by atoms with Gasteiger partial charge in [0, 0.05) is 19.5 Å². The monoisotopic (exact) mass is 406 g/mol.